The molecule has 0 amide bonds. The molecule has 0 aromatic heterocycles. The number of allylic oxidation sites excluding steroid dienone is 1. The molecule has 0 aromatic rings. The van der Waals surface area contributed by atoms with Crippen LogP contribution in [0, 0.1) is 28.6 Å². The molecule has 2 aliphatic heterocycles. The van der Waals surface area contributed by atoms with E-state index in [-0.39, 0.29) is 53.7 Å². The van der Waals surface area contributed by atoms with E-state index in [9.17, 15) is 24.6 Å². The number of ether oxygens (including phenoxy) is 3. The molecule has 6 rings (SSSR count). The van der Waals surface area contributed by atoms with Crippen LogP contribution in [0.15, 0.2) is 34.4 Å². The normalized spacial score (nSPS) is 48.4. The minimum atomic E-state index is -1.20. The highest BCUT2D eigenvalue weighted by Crippen LogP contribution is 2.71. The topological polar surface area (TPSA) is 123 Å². The first-order chi connectivity index (χ1) is 17.9. The molecule has 0 bridgehead atoms. The lowest BCUT2D eigenvalue weighted by Crippen LogP contribution is -2.67. The van der Waals surface area contributed by atoms with Gasteiger partial charge in [0.2, 0.25) is 0 Å². The lowest BCUT2D eigenvalue weighted by molar-refractivity contribution is -0.178. The second kappa shape index (κ2) is 8.35. The molecule has 6 aliphatic rings. The maximum atomic E-state index is 13.4. The van der Waals surface area contributed by atoms with E-state index in [4.69, 9.17) is 14.2 Å². The zero-order valence-electron chi connectivity index (χ0n) is 22.8. The molecule has 8 nitrogen and oxygen atoms in total. The molecule has 206 valence electrons. The minimum Gasteiger partial charge on any atom is -0.458 e. The van der Waals surface area contributed by atoms with E-state index >= 15 is 0 Å². The predicted octanol–water partition coefficient (Wildman–Crippen LogP) is 2.96. The van der Waals surface area contributed by atoms with Crippen LogP contribution in [0.25, 0.3) is 0 Å². The largest absolute Gasteiger partial charge is 0.458 e. The van der Waals surface area contributed by atoms with Crippen LogP contribution in [0.1, 0.15) is 66.7 Å². The average Bonchev–Trinajstić information content (AvgIpc) is 3.59. The van der Waals surface area contributed by atoms with Gasteiger partial charge in [-0.1, -0.05) is 18.6 Å². The van der Waals surface area contributed by atoms with E-state index in [2.05, 4.69) is 6.92 Å². The van der Waals surface area contributed by atoms with Crippen LogP contribution in [-0.2, 0) is 28.6 Å². The first-order valence-electron chi connectivity index (χ1n) is 13.9. The van der Waals surface area contributed by atoms with Gasteiger partial charge in [-0.2, -0.15) is 0 Å². The van der Waals surface area contributed by atoms with Crippen molar-refractivity contribution in [3.63, 3.8) is 0 Å². The zero-order valence-corrected chi connectivity index (χ0v) is 22.8. The molecule has 0 spiro atoms. The molecule has 0 aromatic carbocycles. The van der Waals surface area contributed by atoms with Crippen LogP contribution >= 0.6 is 0 Å². The van der Waals surface area contributed by atoms with Crippen molar-refractivity contribution >= 4 is 17.7 Å². The summed E-state index contributed by atoms with van der Waals surface area (Å²) in [6, 6.07) is 0. The van der Waals surface area contributed by atoms with Crippen molar-refractivity contribution in [1.29, 1.82) is 0 Å². The molecule has 10 atom stereocenters. The van der Waals surface area contributed by atoms with Gasteiger partial charge in [0.25, 0.3) is 0 Å². The highest BCUT2D eigenvalue weighted by Gasteiger charge is 2.77. The van der Waals surface area contributed by atoms with Gasteiger partial charge in [0.1, 0.15) is 23.9 Å². The van der Waals surface area contributed by atoms with E-state index in [1.165, 1.54) is 6.92 Å². The maximum Gasteiger partial charge on any atom is 0.336 e. The third kappa shape index (κ3) is 3.23. The second-order valence-electron chi connectivity index (χ2n) is 12.8. The van der Waals surface area contributed by atoms with E-state index in [0.717, 1.165) is 29.6 Å². The Labute approximate surface area is 223 Å². The third-order valence-corrected chi connectivity index (χ3v) is 11.2. The monoisotopic (exact) mass is 526 g/mol. The van der Waals surface area contributed by atoms with Crippen LogP contribution in [0.3, 0.4) is 0 Å². The summed E-state index contributed by atoms with van der Waals surface area (Å²) in [7, 11) is 0. The van der Waals surface area contributed by atoms with Crippen LogP contribution < -0.4 is 0 Å². The van der Waals surface area contributed by atoms with Gasteiger partial charge in [-0.15, -0.1) is 0 Å². The van der Waals surface area contributed by atoms with Gasteiger partial charge in [0, 0.05) is 13.3 Å². The quantitative estimate of drug-likeness (QED) is 0.327. The zero-order chi connectivity index (χ0) is 27.4. The minimum absolute atomic E-state index is 0.0312. The molecular weight excluding hydrogens is 488 g/mol. The van der Waals surface area contributed by atoms with Crippen LogP contribution in [0.5, 0.6) is 0 Å². The van der Waals surface area contributed by atoms with Crippen molar-refractivity contribution in [3.8, 4) is 0 Å². The summed E-state index contributed by atoms with van der Waals surface area (Å²) in [5, 5.41) is 21.4. The van der Waals surface area contributed by atoms with E-state index in [1.807, 2.05) is 20.8 Å². The van der Waals surface area contributed by atoms with E-state index < -0.39 is 29.2 Å². The third-order valence-electron chi connectivity index (χ3n) is 11.2. The summed E-state index contributed by atoms with van der Waals surface area (Å²) in [6.45, 7) is 9.00. The van der Waals surface area contributed by atoms with Crippen molar-refractivity contribution in [2.45, 2.75) is 96.7 Å². The first-order valence-corrected chi connectivity index (χ1v) is 13.9. The number of hydrogen-bond acceptors (Lipinski definition) is 8. The Morgan fingerprint density at radius 3 is 2.61 bits per heavy atom. The molecule has 0 radical (unpaired) electrons. The fourth-order valence-electron chi connectivity index (χ4n) is 9.24. The number of ketones is 1. The number of aliphatic hydroxyl groups excluding tert-OH is 1. The number of aliphatic hydroxyl groups is 2. The van der Waals surface area contributed by atoms with Gasteiger partial charge in [-0.25, -0.2) is 4.79 Å². The fourth-order valence-corrected chi connectivity index (χ4v) is 9.24. The number of epoxide rings is 1. The molecule has 2 heterocycles. The van der Waals surface area contributed by atoms with E-state index in [1.54, 1.807) is 12.2 Å². The second-order valence-corrected chi connectivity index (χ2v) is 12.8. The SMILES string of the molecule is CC(=O)O[C@@H]1C[C@H]2[C@@H]3[C@@H]4O[C@@H]4[C@@]4(O)CC=CC(=O)[C@]4(C)[C@H]3CC[C@]2(C)/C1=C(\C)[C@H]1CC(C)=C(CO)C(=O)O1. The lowest BCUT2D eigenvalue weighted by atomic mass is 9.44. The van der Waals surface area contributed by atoms with Gasteiger partial charge in [0.15, 0.2) is 5.78 Å². The lowest BCUT2D eigenvalue weighted by Gasteiger charge is -2.59. The first kappa shape index (κ1) is 26.0. The van der Waals surface area contributed by atoms with Gasteiger partial charge in [-0.05, 0) is 86.8 Å². The van der Waals surface area contributed by atoms with Crippen molar-refractivity contribution < 1.29 is 38.8 Å². The van der Waals surface area contributed by atoms with Crippen molar-refractivity contribution in [2.75, 3.05) is 6.61 Å². The number of rotatable bonds is 3. The summed E-state index contributed by atoms with van der Waals surface area (Å²) in [4.78, 5) is 38.3. The molecule has 4 fully saturated rings. The predicted molar refractivity (Wildman–Crippen MR) is 135 cm³/mol. The molecule has 38 heavy (non-hydrogen) atoms. The summed E-state index contributed by atoms with van der Waals surface area (Å²) in [5.74, 6) is -0.831. The highest BCUT2D eigenvalue weighted by molar-refractivity contribution is 5.97. The van der Waals surface area contributed by atoms with Crippen LogP contribution in [-0.4, -0.2) is 64.6 Å². The molecule has 2 N–H and O–H groups in total. The van der Waals surface area contributed by atoms with Crippen LogP contribution in [0.4, 0.5) is 0 Å². The van der Waals surface area contributed by atoms with Gasteiger partial charge in [0.05, 0.1) is 23.7 Å². The Morgan fingerprint density at radius 2 is 1.95 bits per heavy atom. The van der Waals surface area contributed by atoms with Crippen LogP contribution in [0.2, 0.25) is 0 Å². The number of hydrogen-bond donors (Lipinski definition) is 2. The fraction of sp³-hybridized carbons (Fsp3) is 0.700. The molecule has 4 aliphatic carbocycles. The Bertz CT molecular complexity index is 1210. The van der Waals surface area contributed by atoms with Crippen molar-refractivity contribution in [1.82, 2.24) is 0 Å². The number of fused-ring (bicyclic) bond motifs is 8. The highest BCUT2D eigenvalue weighted by atomic mass is 16.6. The number of esters is 2. The van der Waals surface area contributed by atoms with Crippen molar-refractivity contribution in [2.24, 2.45) is 28.6 Å². The van der Waals surface area contributed by atoms with Gasteiger partial charge >= 0.3 is 11.9 Å². The summed E-state index contributed by atoms with van der Waals surface area (Å²) >= 11 is 0. The van der Waals surface area contributed by atoms with Crippen molar-refractivity contribution in [3.05, 3.63) is 34.4 Å². The summed E-state index contributed by atoms with van der Waals surface area (Å²) in [5.41, 5.74) is 0.538. The smallest absolute Gasteiger partial charge is 0.336 e. The Kier molecular flexibility index (Phi) is 5.71. The summed E-state index contributed by atoms with van der Waals surface area (Å²) < 4.78 is 17.9. The molecule has 3 saturated carbocycles. The standard InChI is InChI=1S/C30H38O8/c1-14-11-20(37-27(34)17(14)13-31)15(2)24-21(36-16(3)32)12-19-23-18(8-10-28(19,24)4)29(5)22(33)7-6-9-30(29,35)26-25(23)38-26/h6-7,18-21,23,25-26,31,35H,8-13H2,1-5H3/b24-15+/t18-,19-,20+,21+,23+,25-,26-,28-,29-,30-/m0/s1. The molecule has 1 saturated heterocycles. The van der Waals surface area contributed by atoms with E-state index in [0.29, 0.717) is 24.8 Å². The van der Waals surface area contributed by atoms with Gasteiger partial charge in [-0.3, -0.25) is 9.59 Å². The Hall–Kier alpha value is -2.29. The number of cyclic esters (lactones) is 1. The number of carbonyl (C=O) groups is 3. The average molecular weight is 527 g/mol. The maximum absolute atomic E-state index is 13.4. The van der Waals surface area contributed by atoms with Gasteiger partial charge < -0.3 is 24.4 Å². The molecule has 8 heteroatoms. The molecule has 0 unspecified atom stereocenters. The number of carbonyl (C=O) groups excluding carboxylic acids is 3. The molecular formula is C30H38O8. The Morgan fingerprint density at radius 1 is 1.21 bits per heavy atom. The Balaban J connectivity index is 1.42. The summed E-state index contributed by atoms with van der Waals surface area (Å²) in [6.07, 6.45) is 4.93.